The van der Waals surface area contributed by atoms with Gasteiger partial charge in [-0.3, -0.25) is 4.79 Å². The highest BCUT2D eigenvalue weighted by molar-refractivity contribution is 5.85. The van der Waals surface area contributed by atoms with Crippen LogP contribution in [0.3, 0.4) is 0 Å². The number of nitrogens with one attached hydrogen (secondary N) is 2. The molecule has 2 aliphatic heterocycles. The Labute approximate surface area is 154 Å². The number of hydrogen-bond acceptors (Lipinski definition) is 3. The maximum atomic E-state index is 12.1. The van der Waals surface area contributed by atoms with Crippen LogP contribution in [-0.2, 0) is 4.79 Å². The highest BCUT2D eigenvalue weighted by Crippen LogP contribution is 2.24. The van der Waals surface area contributed by atoms with E-state index < -0.39 is 0 Å². The zero-order valence-electron chi connectivity index (χ0n) is 14.7. The molecule has 1 atom stereocenters. The molecule has 1 unspecified atom stereocenters. The summed E-state index contributed by atoms with van der Waals surface area (Å²) in [5, 5.41) is 6.54. The van der Waals surface area contributed by atoms with Gasteiger partial charge in [-0.05, 0) is 83.1 Å². The molecule has 0 bridgehead atoms. The number of amides is 1. The van der Waals surface area contributed by atoms with Gasteiger partial charge in [0.25, 0.3) is 0 Å². The summed E-state index contributed by atoms with van der Waals surface area (Å²) >= 11 is 0. The highest BCUT2D eigenvalue weighted by atomic mass is 35.5. The Hall–Kier alpha value is -0.0300. The molecule has 0 saturated carbocycles. The number of carbonyl (C=O) groups is 1. The average Bonchev–Trinajstić information content (AvgIpc) is 2.50. The third-order valence-corrected chi connectivity index (χ3v) is 5.41. The molecule has 0 aromatic carbocycles. The van der Waals surface area contributed by atoms with Gasteiger partial charge >= 0.3 is 0 Å². The van der Waals surface area contributed by atoms with Crippen molar-refractivity contribution in [3.05, 3.63) is 0 Å². The van der Waals surface area contributed by atoms with E-state index in [2.05, 4.69) is 29.5 Å². The van der Waals surface area contributed by atoms with Crippen LogP contribution >= 0.6 is 24.8 Å². The van der Waals surface area contributed by atoms with Gasteiger partial charge in [0.2, 0.25) is 5.91 Å². The topological polar surface area (TPSA) is 44.4 Å². The van der Waals surface area contributed by atoms with Gasteiger partial charge in [0.15, 0.2) is 0 Å². The molecule has 23 heavy (non-hydrogen) atoms. The van der Waals surface area contributed by atoms with Crippen molar-refractivity contribution in [1.82, 2.24) is 15.5 Å². The van der Waals surface area contributed by atoms with Crippen LogP contribution < -0.4 is 10.6 Å². The van der Waals surface area contributed by atoms with Crippen LogP contribution in [0.2, 0.25) is 0 Å². The van der Waals surface area contributed by atoms with E-state index in [0.29, 0.717) is 12.3 Å². The first-order chi connectivity index (χ1) is 10.1. The Kier molecular flexibility index (Phi) is 12.3. The fraction of sp³-hybridized carbons (Fsp3) is 0.941. The fourth-order valence-corrected chi connectivity index (χ4v) is 3.71. The van der Waals surface area contributed by atoms with Gasteiger partial charge < -0.3 is 15.5 Å². The molecule has 2 heterocycles. The van der Waals surface area contributed by atoms with Gasteiger partial charge in [-0.2, -0.15) is 0 Å². The summed E-state index contributed by atoms with van der Waals surface area (Å²) < 4.78 is 0. The highest BCUT2D eigenvalue weighted by Gasteiger charge is 2.22. The first kappa shape index (κ1) is 23.0. The molecule has 0 aromatic heterocycles. The number of likely N-dealkylation sites (tertiary alicyclic amines) is 1. The van der Waals surface area contributed by atoms with Gasteiger partial charge in [0.05, 0.1) is 0 Å². The smallest absolute Gasteiger partial charge is 0.220 e. The van der Waals surface area contributed by atoms with E-state index in [1.54, 1.807) is 0 Å². The van der Waals surface area contributed by atoms with E-state index in [1.165, 1.54) is 38.8 Å². The number of carbonyl (C=O) groups excluding carboxylic acids is 1. The molecule has 1 amide bonds. The van der Waals surface area contributed by atoms with Crippen molar-refractivity contribution in [2.45, 2.75) is 45.4 Å². The summed E-state index contributed by atoms with van der Waals surface area (Å²) in [4.78, 5) is 14.5. The van der Waals surface area contributed by atoms with Crippen molar-refractivity contribution in [2.24, 2.45) is 17.8 Å². The number of halogens is 2. The third kappa shape index (κ3) is 8.57. The maximum absolute atomic E-state index is 12.1. The molecular formula is C17H35Cl2N3O. The molecule has 0 spiro atoms. The van der Waals surface area contributed by atoms with Gasteiger partial charge in [0.1, 0.15) is 0 Å². The number of rotatable bonds is 6. The second-order valence-corrected chi connectivity index (χ2v) is 7.15. The Balaban J connectivity index is 0.00000242. The molecule has 2 saturated heterocycles. The molecule has 0 aliphatic carbocycles. The second kappa shape index (κ2) is 12.3. The molecule has 2 fully saturated rings. The lowest BCUT2D eigenvalue weighted by molar-refractivity contribution is -0.122. The van der Waals surface area contributed by atoms with Crippen LogP contribution in [0.25, 0.3) is 0 Å². The first-order valence-corrected chi connectivity index (χ1v) is 8.81. The molecule has 0 aromatic rings. The minimum absolute atomic E-state index is 0. The summed E-state index contributed by atoms with van der Waals surface area (Å²) in [6.07, 6.45) is 6.89. The normalized spacial score (nSPS) is 21.8. The molecule has 4 nitrogen and oxygen atoms in total. The van der Waals surface area contributed by atoms with Crippen LogP contribution in [0.5, 0.6) is 0 Å². The number of nitrogens with zero attached hydrogens (tertiary/aromatic N) is 1. The Bertz CT molecular complexity index is 317. The lowest BCUT2D eigenvalue weighted by atomic mass is 9.84. The average molecular weight is 368 g/mol. The SMILES string of the molecule is CC(CC(=O)NCCC1CCN(C)CC1)C1CCNCC1.Cl.Cl. The van der Waals surface area contributed by atoms with Crippen LogP contribution in [0.4, 0.5) is 0 Å². The van der Waals surface area contributed by atoms with Crippen molar-refractivity contribution >= 4 is 30.7 Å². The van der Waals surface area contributed by atoms with Crippen molar-refractivity contribution < 1.29 is 4.79 Å². The van der Waals surface area contributed by atoms with Crippen LogP contribution in [-0.4, -0.2) is 50.6 Å². The summed E-state index contributed by atoms with van der Waals surface area (Å²) in [7, 11) is 2.19. The van der Waals surface area contributed by atoms with Crippen molar-refractivity contribution in [1.29, 1.82) is 0 Å². The lowest BCUT2D eigenvalue weighted by Crippen LogP contribution is -2.35. The summed E-state index contributed by atoms with van der Waals surface area (Å²) in [6, 6.07) is 0. The van der Waals surface area contributed by atoms with E-state index in [0.717, 1.165) is 37.9 Å². The molecule has 6 heteroatoms. The van der Waals surface area contributed by atoms with Gasteiger partial charge in [0, 0.05) is 13.0 Å². The molecule has 0 radical (unpaired) electrons. The Morgan fingerprint density at radius 3 is 2.39 bits per heavy atom. The zero-order chi connectivity index (χ0) is 15.1. The third-order valence-electron chi connectivity index (χ3n) is 5.41. The van der Waals surface area contributed by atoms with E-state index in [4.69, 9.17) is 0 Å². The van der Waals surface area contributed by atoms with Gasteiger partial charge in [-0.1, -0.05) is 6.92 Å². The molecule has 2 aliphatic rings. The van der Waals surface area contributed by atoms with Crippen LogP contribution in [0.1, 0.15) is 45.4 Å². The minimum Gasteiger partial charge on any atom is -0.356 e. The van der Waals surface area contributed by atoms with Crippen molar-refractivity contribution in [3.8, 4) is 0 Å². The second-order valence-electron chi connectivity index (χ2n) is 7.15. The fourth-order valence-electron chi connectivity index (χ4n) is 3.71. The summed E-state index contributed by atoms with van der Waals surface area (Å²) in [5.74, 6) is 2.32. The summed E-state index contributed by atoms with van der Waals surface area (Å²) in [5.41, 5.74) is 0. The predicted molar refractivity (Wildman–Crippen MR) is 102 cm³/mol. The van der Waals surface area contributed by atoms with Crippen LogP contribution in [0, 0.1) is 17.8 Å². The summed E-state index contributed by atoms with van der Waals surface area (Å²) in [6.45, 7) is 7.77. The Morgan fingerprint density at radius 1 is 1.17 bits per heavy atom. The van der Waals surface area contributed by atoms with E-state index in [1.807, 2.05) is 0 Å². The molecule has 138 valence electrons. The molecule has 2 rings (SSSR count). The predicted octanol–water partition coefficient (Wildman–Crippen LogP) is 2.70. The maximum Gasteiger partial charge on any atom is 0.220 e. The largest absolute Gasteiger partial charge is 0.356 e. The quantitative estimate of drug-likeness (QED) is 0.758. The van der Waals surface area contributed by atoms with Crippen molar-refractivity contribution in [2.75, 3.05) is 39.8 Å². The first-order valence-electron chi connectivity index (χ1n) is 8.81. The molecule has 2 N–H and O–H groups in total. The monoisotopic (exact) mass is 367 g/mol. The standard InChI is InChI=1S/C17H33N3O.2ClH/c1-14(16-4-8-18-9-5-16)13-17(21)19-10-3-15-6-11-20(2)12-7-15;;/h14-16,18H,3-13H2,1-2H3,(H,19,21);2*1H. The zero-order valence-corrected chi connectivity index (χ0v) is 16.3. The lowest BCUT2D eigenvalue weighted by Gasteiger charge is -2.29. The van der Waals surface area contributed by atoms with Crippen LogP contribution in [0.15, 0.2) is 0 Å². The van der Waals surface area contributed by atoms with E-state index in [-0.39, 0.29) is 30.7 Å². The number of hydrogen-bond donors (Lipinski definition) is 2. The Morgan fingerprint density at radius 2 is 1.78 bits per heavy atom. The molecular weight excluding hydrogens is 333 g/mol. The van der Waals surface area contributed by atoms with E-state index >= 15 is 0 Å². The van der Waals surface area contributed by atoms with Gasteiger partial charge in [-0.15, -0.1) is 24.8 Å². The number of piperidine rings is 2. The van der Waals surface area contributed by atoms with Gasteiger partial charge in [-0.25, -0.2) is 0 Å². The minimum atomic E-state index is 0. The van der Waals surface area contributed by atoms with Crippen molar-refractivity contribution in [3.63, 3.8) is 0 Å². The van der Waals surface area contributed by atoms with E-state index in [9.17, 15) is 4.79 Å².